The predicted molar refractivity (Wildman–Crippen MR) is 148 cm³/mol. The van der Waals surface area contributed by atoms with Crippen molar-refractivity contribution >= 4 is 44.0 Å². The molecular formula is C30H42S2. The molecular weight excluding hydrogens is 424 g/mol. The Kier molecular flexibility index (Phi) is 8.62. The van der Waals surface area contributed by atoms with Gasteiger partial charge in [-0.05, 0) is 70.0 Å². The summed E-state index contributed by atoms with van der Waals surface area (Å²) in [6.07, 6.45) is 14.5. The average Bonchev–Trinajstić information content (AvgIpc) is 3.49. The highest BCUT2D eigenvalue weighted by Crippen LogP contribution is 2.46. The maximum absolute atomic E-state index is 2.66. The maximum Gasteiger partial charge on any atom is 0.0487 e. The smallest absolute Gasteiger partial charge is 0.0487 e. The van der Waals surface area contributed by atoms with Gasteiger partial charge >= 0.3 is 0 Å². The van der Waals surface area contributed by atoms with Crippen LogP contribution in [-0.4, -0.2) is 5.75 Å². The topological polar surface area (TPSA) is 0 Å². The first-order valence-electron chi connectivity index (χ1n) is 13.3. The second-order valence-corrected chi connectivity index (χ2v) is 12.0. The van der Waals surface area contributed by atoms with E-state index < -0.39 is 0 Å². The minimum atomic E-state index is 0.824. The van der Waals surface area contributed by atoms with Crippen molar-refractivity contribution in [2.45, 2.75) is 103 Å². The van der Waals surface area contributed by atoms with E-state index in [4.69, 9.17) is 0 Å². The highest BCUT2D eigenvalue weighted by molar-refractivity contribution is 8.00. The monoisotopic (exact) mass is 466 g/mol. The summed E-state index contributed by atoms with van der Waals surface area (Å²) >= 11 is 4.04. The van der Waals surface area contributed by atoms with Crippen molar-refractivity contribution in [2.24, 2.45) is 11.8 Å². The lowest BCUT2D eigenvalue weighted by molar-refractivity contribution is 0.434. The predicted octanol–water partition coefficient (Wildman–Crippen LogP) is 10.2. The van der Waals surface area contributed by atoms with Gasteiger partial charge in [0.25, 0.3) is 0 Å². The van der Waals surface area contributed by atoms with Gasteiger partial charge in [-0.1, -0.05) is 91.2 Å². The Morgan fingerprint density at radius 1 is 0.812 bits per heavy atom. The molecule has 1 aliphatic heterocycles. The molecule has 0 saturated carbocycles. The van der Waals surface area contributed by atoms with Gasteiger partial charge in [-0.15, -0.1) is 23.1 Å². The first kappa shape index (κ1) is 24.1. The molecule has 0 bridgehead atoms. The van der Waals surface area contributed by atoms with Gasteiger partial charge in [0.15, 0.2) is 0 Å². The summed E-state index contributed by atoms with van der Waals surface area (Å²) in [6, 6.07) is 7.69. The molecule has 0 saturated heterocycles. The van der Waals surface area contributed by atoms with Gasteiger partial charge in [-0.25, -0.2) is 0 Å². The molecule has 0 radical (unpaired) electrons. The number of hydrogen-bond donors (Lipinski definition) is 0. The number of thioether (sulfide) groups is 1. The Bertz CT molecular complexity index is 1030. The fourth-order valence-corrected chi connectivity index (χ4v) is 8.00. The zero-order valence-corrected chi connectivity index (χ0v) is 22.4. The summed E-state index contributed by atoms with van der Waals surface area (Å²) in [5, 5.41) is 6.92. The van der Waals surface area contributed by atoms with Crippen molar-refractivity contribution in [3.63, 3.8) is 0 Å². The first-order valence-corrected chi connectivity index (χ1v) is 15.2. The maximum atomic E-state index is 2.66. The van der Waals surface area contributed by atoms with Gasteiger partial charge in [0.1, 0.15) is 0 Å². The quantitative estimate of drug-likeness (QED) is 0.256. The molecule has 0 fully saturated rings. The molecule has 0 amide bonds. The van der Waals surface area contributed by atoms with E-state index >= 15 is 0 Å². The summed E-state index contributed by atoms with van der Waals surface area (Å²) < 4.78 is 1.54. The number of benzene rings is 2. The molecule has 32 heavy (non-hydrogen) atoms. The van der Waals surface area contributed by atoms with Crippen LogP contribution < -0.4 is 0 Å². The third kappa shape index (κ3) is 5.07. The summed E-state index contributed by atoms with van der Waals surface area (Å²) in [4.78, 5) is 1.59. The van der Waals surface area contributed by atoms with Gasteiger partial charge in [0, 0.05) is 20.7 Å². The molecule has 1 aromatic heterocycles. The number of thiophene rings is 1. The van der Waals surface area contributed by atoms with Crippen LogP contribution in [0, 0.1) is 11.8 Å². The van der Waals surface area contributed by atoms with E-state index in [1.165, 1.54) is 87.2 Å². The molecule has 0 aliphatic carbocycles. The normalized spacial score (nSPS) is 15.5. The molecule has 2 atom stereocenters. The van der Waals surface area contributed by atoms with Crippen molar-refractivity contribution in [3.8, 4) is 0 Å². The van der Waals surface area contributed by atoms with Gasteiger partial charge in [0.2, 0.25) is 0 Å². The molecule has 1 aliphatic rings. The Labute approximate surface area is 204 Å². The lowest BCUT2D eigenvalue weighted by atomic mass is 9.83. The Balaban J connectivity index is 1.81. The van der Waals surface area contributed by atoms with E-state index in [2.05, 4.69) is 63.0 Å². The minimum absolute atomic E-state index is 0.824. The summed E-state index contributed by atoms with van der Waals surface area (Å²) in [6.45, 7) is 9.47. The van der Waals surface area contributed by atoms with E-state index in [-0.39, 0.29) is 0 Å². The van der Waals surface area contributed by atoms with Crippen LogP contribution in [-0.2, 0) is 19.3 Å². The average molecular weight is 467 g/mol. The number of fused-ring (bicyclic) bond motifs is 6. The fraction of sp³-hybridized carbons (Fsp3) is 0.600. The molecule has 2 unspecified atom stereocenters. The number of aryl methyl sites for hydroxylation is 1. The van der Waals surface area contributed by atoms with Gasteiger partial charge in [-0.3, -0.25) is 0 Å². The molecule has 3 aromatic rings. The largest absolute Gasteiger partial charge is 0.143 e. The van der Waals surface area contributed by atoms with Crippen LogP contribution >= 0.6 is 23.1 Å². The van der Waals surface area contributed by atoms with Gasteiger partial charge in [-0.2, -0.15) is 0 Å². The summed E-state index contributed by atoms with van der Waals surface area (Å²) in [7, 11) is 0. The molecule has 2 aromatic carbocycles. The summed E-state index contributed by atoms with van der Waals surface area (Å²) in [5.74, 6) is 2.90. The molecule has 0 N–H and O–H groups in total. The Hall–Kier alpha value is -0.990. The number of hydrogen-bond acceptors (Lipinski definition) is 2. The zero-order valence-electron chi connectivity index (χ0n) is 20.8. The fourth-order valence-electron chi connectivity index (χ4n) is 5.66. The second-order valence-electron chi connectivity index (χ2n) is 9.98. The standard InChI is InChI=1S/C30H42S2/c1-5-9-11-21(7-3)17-23-19-27-25-13-15-31-29(25)30-26(14-16-32-30)28(27)20-24(23)18-22(8-4)12-10-6-2/h13,15,19-22H,5-12,14,16-18H2,1-4H3. The van der Waals surface area contributed by atoms with Crippen LogP contribution in [0.2, 0.25) is 0 Å². The van der Waals surface area contributed by atoms with E-state index in [0.29, 0.717) is 0 Å². The third-order valence-corrected chi connectivity index (χ3v) is 10.0. The van der Waals surface area contributed by atoms with Crippen LogP contribution in [0.15, 0.2) is 28.5 Å². The summed E-state index contributed by atoms with van der Waals surface area (Å²) in [5.41, 5.74) is 4.98. The molecule has 2 heterocycles. The van der Waals surface area contributed by atoms with E-state index in [0.717, 1.165) is 11.8 Å². The lowest BCUT2D eigenvalue weighted by Crippen LogP contribution is -2.10. The van der Waals surface area contributed by atoms with Crippen LogP contribution in [0.25, 0.3) is 20.9 Å². The van der Waals surface area contributed by atoms with Crippen molar-refractivity contribution < 1.29 is 0 Å². The number of rotatable bonds is 12. The Morgan fingerprint density at radius 2 is 1.44 bits per heavy atom. The highest BCUT2D eigenvalue weighted by Gasteiger charge is 2.23. The van der Waals surface area contributed by atoms with Crippen molar-refractivity contribution in [1.29, 1.82) is 0 Å². The molecule has 174 valence electrons. The van der Waals surface area contributed by atoms with Crippen LogP contribution in [0.1, 0.15) is 95.8 Å². The van der Waals surface area contributed by atoms with Crippen LogP contribution in [0.3, 0.4) is 0 Å². The van der Waals surface area contributed by atoms with E-state index in [1.807, 2.05) is 11.3 Å². The number of unbranched alkanes of at least 4 members (excludes halogenated alkanes) is 2. The second kappa shape index (κ2) is 11.4. The molecule has 0 nitrogen and oxygen atoms in total. The van der Waals surface area contributed by atoms with E-state index in [9.17, 15) is 0 Å². The molecule has 4 rings (SSSR count). The SMILES string of the molecule is CCCCC(CC)Cc1cc2c3c(c4sccc4c2cc1CC(CC)CCCC)SCC3. The van der Waals surface area contributed by atoms with Crippen LogP contribution in [0.5, 0.6) is 0 Å². The lowest BCUT2D eigenvalue weighted by Gasteiger charge is -2.22. The van der Waals surface area contributed by atoms with Crippen LogP contribution in [0.4, 0.5) is 0 Å². The third-order valence-electron chi connectivity index (χ3n) is 7.80. The van der Waals surface area contributed by atoms with Crippen molar-refractivity contribution in [3.05, 3.63) is 40.3 Å². The van der Waals surface area contributed by atoms with Gasteiger partial charge in [0.05, 0.1) is 0 Å². The van der Waals surface area contributed by atoms with Gasteiger partial charge < -0.3 is 0 Å². The zero-order chi connectivity index (χ0) is 22.5. The first-order chi connectivity index (χ1) is 15.7. The molecule has 0 spiro atoms. The Morgan fingerprint density at radius 3 is 2.03 bits per heavy atom. The van der Waals surface area contributed by atoms with Crippen molar-refractivity contribution in [2.75, 3.05) is 5.75 Å². The van der Waals surface area contributed by atoms with E-state index in [1.54, 1.807) is 31.7 Å². The highest BCUT2D eigenvalue weighted by atomic mass is 32.2. The minimum Gasteiger partial charge on any atom is -0.143 e. The molecule has 2 heteroatoms. The van der Waals surface area contributed by atoms with Crippen molar-refractivity contribution in [1.82, 2.24) is 0 Å².